The van der Waals surface area contributed by atoms with Crippen molar-refractivity contribution in [3.8, 4) is 11.5 Å². The minimum absolute atomic E-state index is 0.0741. The third-order valence-corrected chi connectivity index (χ3v) is 8.43. The molecule has 3 aromatic carbocycles. The highest BCUT2D eigenvalue weighted by Crippen LogP contribution is 2.46. The largest absolute Gasteiger partial charge is 0.493 e. The van der Waals surface area contributed by atoms with Gasteiger partial charge in [-0.15, -0.1) is 11.8 Å². The number of benzene rings is 3. The summed E-state index contributed by atoms with van der Waals surface area (Å²) in [7, 11) is 4.80. The van der Waals surface area contributed by atoms with Crippen LogP contribution in [0.2, 0.25) is 0 Å². The van der Waals surface area contributed by atoms with Crippen molar-refractivity contribution in [2.45, 2.75) is 16.9 Å². The highest BCUT2D eigenvalue weighted by molar-refractivity contribution is 7.98. The minimum Gasteiger partial charge on any atom is -0.493 e. The number of para-hydroxylation sites is 1. The molecule has 0 aliphatic carbocycles. The summed E-state index contributed by atoms with van der Waals surface area (Å²) in [6.07, 6.45) is 2.01. The summed E-state index contributed by atoms with van der Waals surface area (Å²) in [6.45, 7) is 1.92. The van der Waals surface area contributed by atoms with E-state index in [9.17, 15) is 14.0 Å². The molecule has 7 nitrogen and oxygen atoms in total. The number of rotatable bonds is 6. The Balaban J connectivity index is 1.53. The maximum Gasteiger partial charge on any atom is 0.254 e. The number of methoxy groups -OCH3 is 2. The minimum atomic E-state index is -0.650. The molecule has 2 amide bonds. The number of carbonyl (C=O) groups excluding carboxylic acids is 2. The topological polar surface area (TPSA) is 62.3 Å². The van der Waals surface area contributed by atoms with Crippen LogP contribution in [-0.4, -0.2) is 75.3 Å². The number of ether oxygens (including phenoxy) is 2. The second kappa shape index (κ2) is 11.2. The summed E-state index contributed by atoms with van der Waals surface area (Å²) in [6, 6.07) is 17.6. The number of likely N-dealkylation sites (N-methyl/N-ethyl adjacent to an activating group) is 1. The number of halogens is 1. The van der Waals surface area contributed by atoms with Crippen molar-refractivity contribution in [2.75, 3.05) is 58.6 Å². The molecule has 3 aromatic rings. The van der Waals surface area contributed by atoms with Gasteiger partial charge in [-0.25, -0.2) is 4.39 Å². The molecule has 1 fully saturated rings. The number of hydrogen-bond donors (Lipinski definition) is 0. The molecule has 0 spiro atoms. The molecule has 2 atom stereocenters. The molecule has 39 heavy (non-hydrogen) atoms. The maximum atomic E-state index is 14.4. The first-order valence-corrected chi connectivity index (χ1v) is 14.1. The summed E-state index contributed by atoms with van der Waals surface area (Å²) in [5.41, 5.74) is 2.47. The monoisotopic (exact) mass is 549 g/mol. The van der Waals surface area contributed by atoms with Gasteiger partial charge >= 0.3 is 0 Å². The van der Waals surface area contributed by atoms with Gasteiger partial charge in [-0.05, 0) is 53.8 Å². The smallest absolute Gasteiger partial charge is 0.254 e. The van der Waals surface area contributed by atoms with Crippen LogP contribution in [0, 0.1) is 5.82 Å². The Labute approximate surface area is 232 Å². The van der Waals surface area contributed by atoms with E-state index in [1.807, 2.05) is 46.4 Å². The number of amides is 2. The summed E-state index contributed by atoms with van der Waals surface area (Å²) >= 11 is 1.63. The molecule has 2 aliphatic rings. The van der Waals surface area contributed by atoms with Crippen molar-refractivity contribution in [3.05, 3.63) is 83.2 Å². The van der Waals surface area contributed by atoms with Crippen LogP contribution in [0.15, 0.2) is 65.6 Å². The first-order chi connectivity index (χ1) is 18.9. The molecule has 2 aliphatic heterocycles. The normalized spacial score (nSPS) is 19.1. The van der Waals surface area contributed by atoms with E-state index in [-0.39, 0.29) is 17.6 Å². The lowest BCUT2D eigenvalue weighted by atomic mass is 9.78. The van der Waals surface area contributed by atoms with Gasteiger partial charge in [-0.2, -0.15) is 0 Å². The van der Waals surface area contributed by atoms with Crippen molar-refractivity contribution in [2.24, 2.45) is 0 Å². The quantitative estimate of drug-likeness (QED) is 0.411. The van der Waals surface area contributed by atoms with Crippen molar-refractivity contribution < 1.29 is 23.5 Å². The molecular formula is C30H32FN3O4S. The SMILES string of the molecule is COc1cc2c(cc1OC)[C@H](C(=O)N1CCN(c3ccccc3F)CC1)[C@H](c1ccc(SC)cc1)N(C)C2=O. The summed E-state index contributed by atoms with van der Waals surface area (Å²) < 4.78 is 25.4. The highest BCUT2D eigenvalue weighted by atomic mass is 32.2. The number of thioether (sulfide) groups is 1. The number of piperazine rings is 1. The molecular weight excluding hydrogens is 517 g/mol. The third-order valence-electron chi connectivity index (χ3n) is 7.68. The highest BCUT2D eigenvalue weighted by Gasteiger charge is 2.45. The molecule has 0 aromatic heterocycles. The molecule has 0 bridgehead atoms. The standard InChI is InChI=1S/C30H32FN3O4S/c1-32-28(19-9-11-20(39-4)12-10-19)27(21-17-25(37-2)26(38-3)18-22(21)29(32)35)30(36)34-15-13-33(14-16-34)24-8-6-5-7-23(24)31/h5-12,17-18,27-28H,13-16H2,1-4H3/t27-,28-/m0/s1. The van der Waals surface area contributed by atoms with Gasteiger partial charge in [0, 0.05) is 43.7 Å². The lowest BCUT2D eigenvalue weighted by molar-refractivity contribution is -0.134. The summed E-state index contributed by atoms with van der Waals surface area (Å²) in [5, 5.41) is 0. The van der Waals surface area contributed by atoms with Gasteiger partial charge in [0.25, 0.3) is 5.91 Å². The van der Waals surface area contributed by atoms with Crippen molar-refractivity contribution in [3.63, 3.8) is 0 Å². The lowest BCUT2D eigenvalue weighted by Crippen LogP contribution is -2.53. The summed E-state index contributed by atoms with van der Waals surface area (Å²) in [5.74, 6) is -0.276. The van der Waals surface area contributed by atoms with E-state index in [1.165, 1.54) is 13.2 Å². The molecule has 0 unspecified atom stereocenters. The van der Waals surface area contributed by atoms with E-state index in [1.54, 1.807) is 55.1 Å². The van der Waals surface area contributed by atoms with Crippen LogP contribution in [0.5, 0.6) is 11.5 Å². The molecule has 0 radical (unpaired) electrons. The van der Waals surface area contributed by atoms with Gasteiger partial charge in [-0.3, -0.25) is 9.59 Å². The zero-order valence-electron chi connectivity index (χ0n) is 22.5. The molecule has 2 heterocycles. The van der Waals surface area contributed by atoms with Crippen LogP contribution in [0.25, 0.3) is 0 Å². The van der Waals surface area contributed by atoms with Gasteiger partial charge in [0.2, 0.25) is 5.91 Å². The number of nitrogens with zero attached hydrogens (tertiary/aromatic N) is 3. The zero-order chi connectivity index (χ0) is 27.7. The predicted octanol–water partition coefficient (Wildman–Crippen LogP) is 4.82. The molecule has 0 N–H and O–H groups in total. The Morgan fingerprint density at radius 1 is 0.949 bits per heavy atom. The van der Waals surface area contributed by atoms with Crippen LogP contribution in [0.3, 0.4) is 0 Å². The van der Waals surface area contributed by atoms with Crippen LogP contribution >= 0.6 is 11.8 Å². The van der Waals surface area contributed by atoms with E-state index in [4.69, 9.17) is 9.47 Å². The number of fused-ring (bicyclic) bond motifs is 1. The van der Waals surface area contributed by atoms with Crippen LogP contribution < -0.4 is 14.4 Å². The van der Waals surface area contributed by atoms with Gasteiger partial charge < -0.3 is 24.2 Å². The average molecular weight is 550 g/mol. The van der Waals surface area contributed by atoms with E-state index in [2.05, 4.69) is 0 Å². The third kappa shape index (κ3) is 4.91. The molecule has 1 saturated heterocycles. The van der Waals surface area contributed by atoms with Crippen molar-refractivity contribution in [1.29, 1.82) is 0 Å². The predicted molar refractivity (Wildman–Crippen MR) is 151 cm³/mol. The van der Waals surface area contributed by atoms with Gasteiger partial charge in [-0.1, -0.05) is 24.3 Å². The fraction of sp³-hybridized carbons (Fsp3) is 0.333. The average Bonchev–Trinajstić information content (AvgIpc) is 2.98. The van der Waals surface area contributed by atoms with Crippen LogP contribution in [-0.2, 0) is 4.79 Å². The number of hydrogen-bond acceptors (Lipinski definition) is 6. The van der Waals surface area contributed by atoms with Crippen LogP contribution in [0.1, 0.15) is 33.4 Å². The Hall–Kier alpha value is -3.72. The van der Waals surface area contributed by atoms with Crippen molar-refractivity contribution >= 4 is 29.3 Å². The van der Waals surface area contributed by atoms with Gasteiger partial charge in [0.15, 0.2) is 11.5 Å². The zero-order valence-corrected chi connectivity index (χ0v) is 23.3. The Bertz CT molecular complexity index is 1380. The van der Waals surface area contributed by atoms with Crippen molar-refractivity contribution in [1.82, 2.24) is 9.80 Å². The number of anilines is 1. The Kier molecular flexibility index (Phi) is 7.70. The summed E-state index contributed by atoms with van der Waals surface area (Å²) in [4.78, 5) is 34.5. The van der Waals surface area contributed by atoms with E-state index >= 15 is 0 Å². The van der Waals surface area contributed by atoms with E-state index in [0.29, 0.717) is 54.5 Å². The molecule has 204 valence electrons. The second-order valence-corrected chi connectivity index (χ2v) is 10.5. The van der Waals surface area contributed by atoms with Gasteiger partial charge in [0.05, 0.1) is 31.9 Å². The molecule has 5 rings (SSSR count). The fourth-order valence-electron chi connectivity index (χ4n) is 5.61. The van der Waals surface area contributed by atoms with E-state index < -0.39 is 12.0 Å². The fourth-order valence-corrected chi connectivity index (χ4v) is 6.01. The second-order valence-electron chi connectivity index (χ2n) is 9.67. The number of carbonyl (C=O) groups is 2. The molecule has 9 heteroatoms. The first kappa shape index (κ1) is 26.9. The van der Waals surface area contributed by atoms with Crippen LogP contribution in [0.4, 0.5) is 10.1 Å². The Morgan fingerprint density at radius 3 is 2.21 bits per heavy atom. The van der Waals surface area contributed by atoms with Gasteiger partial charge in [0.1, 0.15) is 5.82 Å². The first-order valence-electron chi connectivity index (χ1n) is 12.8. The molecule has 0 saturated carbocycles. The lowest BCUT2D eigenvalue weighted by Gasteiger charge is -2.43. The Morgan fingerprint density at radius 2 is 1.59 bits per heavy atom. The maximum absolute atomic E-state index is 14.4. The van der Waals surface area contributed by atoms with E-state index in [0.717, 1.165) is 10.5 Å².